The van der Waals surface area contributed by atoms with Gasteiger partial charge in [-0.3, -0.25) is 0 Å². The Balaban J connectivity index is 3.11. The Kier molecular flexibility index (Phi) is 2.82. The fourth-order valence-electron chi connectivity index (χ4n) is 0.872. The molecule has 0 saturated carbocycles. The monoisotopic (exact) mass is 202 g/mol. The Labute approximate surface area is 77.5 Å². The highest BCUT2D eigenvalue weighted by atomic mass is 19.3. The number of ether oxygens (including phenoxy) is 1. The van der Waals surface area contributed by atoms with Gasteiger partial charge in [-0.05, 0) is 0 Å². The van der Waals surface area contributed by atoms with Gasteiger partial charge in [-0.2, -0.15) is 14.0 Å². The van der Waals surface area contributed by atoms with E-state index < -0.39 is 23.7 Å². The van der Waals surface area contributed by atoms with Crippen molar-refractivity contribution in [1.29, 1.82) is 5.26 Å². The van der Waals surface area contributed by atoms with Crippen molar-refractivity contribution in [3.63, 3.8) is 0 Å². The number of nitriles is 1. The molecule has 1 rings (SSSR count). The molecule has 0 amide bonds. The lowest BCUT2D eigenvalue weighted by atomic mass is 10.2. The molecule has 0 aromatic heterocycles. The van der Waals surface area contributed by atoms with Crippen molar-refractivity contribution >= 4 is 5.69 Å². The molecule has 0 spiro atoms. The molecule has 14 heavy (non-hydrogen) atoms. The number of nitrogens with zero attached hydrogens (tertiary/aromatic N) is 1. The van der Waals surface area contributed by atoms with Gasteiger partial charge in [0.25, 0.3) is 0 Å². The first-order valence-corrected chi connectivity index (χ1v) is 3.48. The first kappa shape index (κ1) is 10.2. The third-order valence-corrected chi connectivity index (χ3v) is 1.42. The van der Waals surface area contributed by atoms with E-state index in [-0.39, 0.29) is 5.75 Å². The van der Waals surface area contributed by atoms with E-state index in [1.807, 2.05) is 0 Å². The molecule has 0 radical (unpaired) electrons. The number of benzene rings is 1. The molecule has 0 fully saturated rings. The summed E-state index contributed by atoms with van der Waals surface area (Å²) in [5.74, 6) is -1.27. The van der Waals surface area contributed by atoms with Crippen molar-refractivity contribution in [2.75, 3.05) is 5.73 Å². The first-order valence-electron chi connectivity index (χ1n) is 3.48. The van der Waals surface area contributed by atoms with E-state index in [9.17, 15) is 13.2 Å². The van der Waals surface area contributed by atoms with Crippen LogP contribution in [-0.4, -0.2) is 6.61 Å². The SMILES string of the molecule is N#Cc1cc(OC(F)F)cc(N)c1F. The van der Waals surface area contributed by atoms with Crippen LogP contribution in [0.1, 0.15) is 5.56 Å². The van der Waals surface area contributed by atoms with Crippen LogP contribution in [0.25, 0.3) is 0 Å². The van der Waals surface area contributed by atoms with Crippen LogP contribution in [0, 0.1) is 17.1 Å². The molecule has 0 atom stereocenters. The van der Waals surface area contributed by atoms with Crippen molar-refractivity contribution in [3.05, 3.63) is 23.5 Å². The second-order valence-corrected chi connectivity index (χ2v) is 2.36. The number of rotatable bonds is 2. The Morgan fingerprint density at radius 1 is 1.43 bits per heavy atom. The van der Waals surface area contributed by atoms with Crippen molar-refractivity contribution in [2.45, 2.75) is 6.61 Å². The molecule has 74 valence electrons. The van der Waals surface area contributed by atoms with Crippen LogP contribution < -0.4 is 10.5 Å². The van der Waals surface area contributed by atoms with Gasteiger partial charge in [0.15, 0.2) is 5.82 Å². The summed E-state index contributed by atoms with van der Waals surface area (Å²) >= 11 is 0. The number of anilines is 1. The van der Waals surface area contributed by atoms with Crippen LogP contribution in [0.15, 0.2) is 12.1 Å². The summed E-state index contributed by atoms with van der Waals surface area (Å²) in [4.78, 5) is 0. The minimum absolute atomic E-state index is 0.338. The third-order valence-electron chi connectivity index (χ3n) is 1.42. The van der Waals surface area contributed by atoms with Crippen molar-refractivity contribution in [2.24, 2.45) is 0 Å². The summed E-state index contributed by atoms with van der Waals surface area (Å²) in [5, 5.41) is 8.41. The Morgan fingerprint density at radius 3 is 2.57 bits per heavy atom. The topological polar surface area (TPSA) is 59.0 Å². The standard InChI is InChI=1S/C8H5F3N2O/c9-7-4(3-12)1-5(2-6(7)13)14-8(10)11/h1-2,8H,13H2. The molecule has 0 aliphatic rings. The first-order chi connectivity index (χ1) is 6.54. The minimum atomic E-state index is -3.04. The molecule has 0 aliphatic carbocycles. The van der Waals surface area contributed by atoms with Gasteiger partial charge in [-0.15, -0.1) is 0 Å². The molecule has 0 heterocycles. The van der Waals surface area contributed by atoms with Gasteiger partial charge in [0, 0.05) is 12.1 Å². The molecule has 0 aliphatic heterocycles. The molecule has 6 heteroatoms. The van der Waals surface area contributed by atoms with Crippen LogP contribution in [-0.2, 0) is 0 Å². The molecule has 1 aromatic carbocycles. The van der Waals surface area contributed by atoms with E-state index in [4.69, 9.17) is 11.0 Å². The number of hydrogen-bond acceptors (Lipinski definition) is 3. The Hall–Kier alpha value is -1.90. The van der Waals surface area contributed by atoms with Gasteiger partial charge in [-0.25, -0.2) is 4.39 Å². The lowest BCUT2D eigenvalue weighted by molar-refractivity contribution is -0.0498. The molecule has 0 unspecified atom stereocenters. The van der Waals surface area contributed by atoms with Crippen molar-refractivity contribution in [1.82, 2.24) is 0 Å². The lowest BCUT2D eigenvalue weighted by Gasteiger charge is -2.06. The largest absolute Gasteiger partial charge is 0.435 e. The number of nitrogens with two attached hydrogens (primary N) is 1. The fraction of sp³-hybridized carbons (Fsp3) is 0.125. The quantitative estimate of drug-likeness (QED) is 0.745. The van der Waals surface area contributed by atoms with E-state index in [0.29, 0.717) is 0 Å². The molecule has 2 N–H and O–H groups in total. The summed E-state index contributed by atoms with van der Waals surface area (Å²) in [6.07, 6.45) is 0. The molecular weight excluding hydrogens is 197 g/mol. The van der Waals surface area contributed by atoms with Gasteiger partial charge in [-0.1, -0.05) is 0 Å². The molecule has 1 aromatic rings. The predicted molar refractivity (Wildman–Crippen MR) is 42.2 cm³/mol. The summed E-state index contributed by atoms with van der Waals surface area (Å²) in [6, 6.07) is 3.22. The average Bonchev–Trinajstić information content (AvgIpc) is 2.10. The Bertz CT molecular complexity index is 387. The number of halogens is 3. The summed E-state index contributed by atoms with van der Waals surface area (Å²) in [6.45, 7) is -3.04. The van der Waals surface area contributed by atoms with Gasteiger partial charge >= 0.3 is 6.61 Å². The number of hydrogen-bond donors (Lipinski definition) is 1. The van der Waals surface area contributed by atoms with E-state index in [1.165, 1.54) is 6.07 Å². The van der Waals surface area contributed by atoms with Crippen molar-refractivity contribution in [3.8, 4) is 11.8 Å². The van der Waals surface area contributed by atoms with Gasteiger partial charge in [0.1, 0.15) is 11.8 Å². The van der Waals surface area contributed by atoms with E-state index in [1.54, 1.807) is 0 Å². The second-order valence-electron chi connectivity index (χ2n) is 2.36. The van der Waals surface area contributed by atoms with Crippen LogP contribution in [0.2, 0.25) is 0 Å². The van der Waals surface area contributed by atoms with E-state index in [0.717, 1.165) is 12.1 Å². The maximum absolute atomic E-state index is 12.9. The van der Waals surface area contributed by atoms with Gasteiger partial charge in [0.05, 0.1) is 11.3 Å². The maximum atomic E-state index is 12.9. The fourth-order valence-corrected chi connectivity index (χ4v) is 0.872. The van der Waals surface area contributed by atoms with Crippen molar-refractivity contribution < 1.29 is 17.9 Å². The molecular formula is C8H5F3N2O. The minimum Gasteiger partial charge on any atom is -0.435 e. The van der Waals surface area contributed by atoms with Crippen LogP contribution in [0.5, 0.6) is 5.75 Å². The third kappa shape index (κ3) is 2.07. The van der Waals surface area contributed by atoms with Gasteiger partial charge < -0.3 is 10.5 Å². The highest BCUT2D eigenvalue weighted by molar-refractivity contribution is 5.52. The zero-order valence-electron chi connectivity index (χ0n) is 6.80. The predicted octanol–water partition coefficient (Wildman–Crippen LogP) is 1.88. The highest BCUT2D eigenvalue weighted by Gasteiger charge is 2.11. The number of nitrogen functional groups attached to an aromatic ring is 1. The smallest absolute Gasteiger partial charge is 0.387 e. The summed E-state index contributed by atoms with van der Waals surface area (Å²) < 4.78 is 40.4. The van der Waals surface area contributed by atoms with E-state index >= 15 is 0 Å². The second kappa shape index (κ2) is 3.87. The van der Waals surface area contributed by atoms with Crippen LogP contribution in [0.3, 0.4) is 0 Å². The van der Waals surface area contributed by atoms with E-state index in [2.05, 4.69) is 4.74 Å². The Morgan fingerprint density at radius 2 is 2.07 bits per heavy atom. The molecule has 0 bridgehead atoms. The molecule has 3 nitrogen and oxygen atoms in total. The van der Waals surface area contributed by atoms with Crippen LogP contribution >= 0.6 is 0 Å². The normalized spacial score (nSPS) is 9.93. The van der Waals surface area contributed by atoms with Crippen LogP contribution in [0.4, 0.5) is 18.9 Å². The number of alkyl halides is 2. The zero-order chi connectivity index (χ0) is 10.7. The van der Waals surface area contributed by atoms with Gasteiger partial charge in [0.2, 0.25) is 0 Å². The summed E-state index contributed by atoms with van der Waals surface area (Å²) in [5.41, 5.74) is 4.29. The average molecular weight is 202 g/mol. The maximum Gasteiger partial charge on any atom is 0.387 e. The zero-order valence-corrected chi connectivity index (χ0v) is 6.80. The molecule has 0 saturated heterocycles. The highest BCUT2D eigenvalue weighted by Crippen LogP contribution is 2.23. The summed E-state index contributed by atoms with van der Waals surface area (Å²) in [7, 11) is 0. The lowest BCUT2D eigenvalue weighted by Crippen LogP contribution is -2.04.